The van der Waals surface area contributed by atoms with E-state index < -0.39 is 0 Å². The van der Waals surface area contributed by atoms with Crippen molar-refractivity contribution in [3.63, 3.8) is 0 Å². The van der Waals surface area contributed by atoms with Gasteiger partial charge in [-0.05, 0) is 43.0 Å². The molecular weight excluding hydrogens is 290 g/mol. The number of piperidine rings is 1. The van der Waals surface area contributed by atoms with Gasteiger partial charge < -0.3 is 19.9 Å². The Bertz CT molecular complexity index is 504. The molecule has 0 aromatic heterocycles. The van der Waals surface area contributed by atoms with Crippen LogP contribution >= 0.6 is 0 Å². The van der Waals surface area contributed by atoms with Gasteiger partial charge in [-0.15, -0.1) is 0 Å². The summed E-state index contributed by atoms with van der Waals surface area (Å²) in [5, 5.41) is 3.03. The number of nitrogens with one attached hydrogen (secondary N) is 2. The summed E-state index contributed by atoms with van der Waals surface area (Å²) in [5.74, 6) is 0.934. The monoisotopic (exact) mass is 318 g/mol. The lowest BCUT2D eigenvalue weighted by molar-refractivity contribution is -0.897. The lowest BCUT2D eigenvalue weighted by Gasteiger charge is -2.29. The summed E-state index contributed by atoms with van der Waals surface area (Å²) in [4.78, 5) is 15.9. The summed E-state index contributed by atoms with van der Waals surface area (Å²) in [6.07, 6.45) is 2.47. The van der Waals surface area contributed by atoms with Gasteiger partial charge in [0.05, 0.1) is 26.3 Å². The molecule has 5 heteroatoms. The van der Waals surface area contributed by atoms with Crippen molar-refractivity contribution >= 4 is 17.3 Å². The summed E-state index contributed by atoms with van der Waals surface area (Å²) in [6, 6.07) is 8.15. The van der Waals surface area contributed by atoms with E-state index in [-0.39, 0.29) is 5.91 Å². The number of anilines is 2. The third-order valence-electron chi connectivity index (χ3n) is 4.92. The van der Waals surface area contributed by atoms with Crippen LogP contribution in [0.25, 0.3) is 0 Å². The summed E-state index contributed by atoms with van der Waals surface area (Å²) >= 11 is 0. The minimum Gasteiger partial charge on any atom is -0.378 e. The van der Waals surface area contributed by atoms with E-state index in [0.29, 0.717) is 6.54 Å². The van der Waals surface area contributed by atoms with Gasteiger partial charge in [0, 0.05) is 24.5 Å². The van der Waals surface area contributed by atoms with E-state index in [4.69, 9.17) is 4.74 Å². The van der Waals surface area contributed by atoms with E-state index in [1.54, 1.807) is 0 Å². The van der Waals surface area contributed by atoms with Gasteiger partial charge in [0.15, 0.2) is 6.54 Å². The number of amides is 1. The van der Waals surface area contributed by atoms with Gasteiger partial charge in [0.25, 0.3) is 5.91 Å². The molecule has 1 amide bonds. The Hall–Kier alpha value is -1.59. The van der Waals surface area contributed by atoms with Gasteiger partial charge >= 0.3 is 0 Å². The number of likely N-dealkylation sites (tertiary alicyclic amines) is 1. The average molecular weight is 318 g/mol. The number of nitrogens with zero attached hydrogens (tertiary/aromatic N) is 1. The topological polar surface area (TPSA) is 46.0 Å². The molecule has 2 heterocycles. The molecule has 126 valence electrons. The first-order valence-electron chi connectivity index (χ1n) is 8.77. The predicted octanol–water partition coefficient (Wildman–Crippen LogP) is 0.777. The van der Waals surface area contributed by atoms with Crippen molar-refractivity contribution in [2.45, 2.75) is 19.8 Å². The van der Waals surface area contributed by atoms with Crippen molar-refractivity contribution in [1.82, 2.24) is 0 Å². The molecule has 1 aromatic carbocycles. The molecule has 3 rings (SSSR count). The molecule has 2 aliphatic heterocycles. The second-order valence-electron chi connectivity index (χ2n) is 6.80. The molecule has 0 aliphatic carbocycles. The zero-order valence-electron chi connectivity index (χ0n) is 14.0. The molecular formula is C18H28N3O2+. The lowest BCUT2D eigenvalue weighted by atomic mass is 9.99. The molecule has 2 aliphatic rings. The van der Waals surface area contributed by atoms with Gasteiger partial charge in [-0.25, -0.2) is 0 Å². The van der Waals surface area contributed by atoms with E-state index in [2.05, 4.69) is 29.3 Å². The van der Waals surface area contributed by atoms with E-state index in [0.717, 1.165) is 51.0 Å². The summed E-state index contributed by atoms with van der Waals surface area (Å²) in [7, 11) is 0. The molecule has 23 heavy (non-hydrogen) atoms. The number of hydrogen-bond acceptors (Lipinski definition) is 3. The molecule has 0 radical (unpaired) electrons. The van der Waals surface area contributed by atoms with E-state index in [1.165, 1.54) is 23.4 Å². The quantitative estimate of drug-likeness (QED) is 0.862. The van der Waals surface area contributed by atoms with Crippen molar-refractivity contribution in [2.75, 3.05) is 56.2 Å². The second kappa shape index (κ2) is 7.79. The van der Waals surface area contributed by atoms with Crippen LogP contribution in [0.4, 0.5) is 11.4 Å². The maximum Gasteiger partial charge on any atom is 0.279 e. The first-order valence-corrected chi connectivity index (χ1v) is 8.77. The van der Waals surface area contributed by atoms with Crippen LogP contribution in [0.15, 0.2) is 24.3 Å². The number of rotatable bonds is 4. The van der Waals surface area contributed by atoms with E-state index >= 15 is 0 Å². The Morgan fingerprint density at radius 3 is 2.52 bits per heavy atom. The maximum atomic E-state index is 12.2. The van der Waals surface area contributed by atoms with Crippen LogP contribution in [-0.4, -0.2) is 51.8 Å². The van der Waals surface area contributed by atoms with Crippen molar-refractivity contribution in [3.8, 4) is 0 Å². The number of quaternary nitrogens is 1. The zero-order valence-corrected chi connectivity index (χ0v) is 14.0. The molecule has 0 atom stereocenters. The Balaban J connectivity index is 1.48. The standard InChI is InChI=1S/C18H27N3O2/c1-15-6-8-20(9-7-15)14-18(22)19-16-2-4-17(5-3-16)21-10-12-23-13-11-21/h2-5,15H,6-14H2,1H3,(H,19,22)/p+1. The fourth-order valence-corrected chi connectivity index (χ4v) is 3.36. The highest BCUT2D eigenvalue weighted by molar-refractivity contribution is 5.91. The van der Waals surface area contributed by atoms with Crippen molar-refractivity contribution < 1.29 is 14.4 Å². The average Bonchev–Trinajstić information content (AvgIpc) is 2.58. The smallest absolute Gasteiger partial charge is 0.279 e. The highest BCUT2D eigenvalue weighted by atomic mass is 16.5. The zero-order chi connectivity index (χ0) is 16.1. The normalized spacial score (nSPS) is 25.2. The Morgan fingerprint density at radius 1 is 1.22 bits per heavy atom. The number of morpholine rings is 1. The van der Waals surface area contributed by atoms with Gasteiger partial charge in [0.2, 0.25) is 0 Å². The molecule has 1 aromatic rings. The Morgan fingerprint density at radius 2 is 1.87 bits per heavy atom. The summed E-state index contributed by atoms with van der Waals surface area (Å²) < 4.78 is 5.38. The molecule has 2 saturated heterocycles. The molecule has 0 unspecified atom stereocenters. The third kappa shape index (κ3) is 4.69. The fraction of sp³-hybridized carbons (Fsp3) is 0.611. The van der Waals surface area contributed by atoms with Crippen LogP contribution in [0.2, 0.25) is 0 Å². The number of carbonyl (C=O) groups is 1. The SMILES string of the molecule is CC1CC[NH+](CC(=O)Nc2ccc(N3CCOCC3)cc2)CC1. The maximum absolute atomic E-state index is 12.2. The number of ether oxygens (including phenoxy) is 1. The molecule has 2 fully saturated rings. The largest absolute Gasteiger partial charge is 0.378 e. The highest BCUT2D eigenvalue weighted by Gasteiger charge is 2.21. The fourth-order valence-electron chi connectivity index (χ4n) is 3.36. The van der Waals surface area contributed by atoms with Gasteiger partial charge in [-0.1, -0.05) is 6.92 Å². The second-order valence-corrected chi connectivity index (χ2v) is 6.80. The lowest BCUT2D eigenvalue weighted by Crippen LogP contribution is -3.14. The minimum atomic E-state index is 0.119. The number of benzene rings is 1. The van der Waals surface area contributed by atoms with Crippen molar-refractivity contribution in [1.29, 1.82) is 0 Å². The van der Waals surface area contributed by atoms with Gasteiger partial charge in [-0.3, -0.25) is 4.79 Å². The summed E-state index contributed by atoms with van der Waals surface area (Å²) in [6.45, 7) is 8.55. The van der Waals surface area contributed by atoms with Crippen molar-refractivity contribution in [3.05, 3.63) is 24.3 Å². The molecule has 5 nitrogen and oxygen atoms in total. The van der Waals surface area contributed by atoms with Crippen LogP contribution in [0.1, 0.15) is 19.8 Å². The van der Waals surface area contributed by atoms with E-state index in [9.17, 15) is 4.79 Å². The minimum absolute atomic E-state index is 0.119. The summed E-state index contributed by atoms with van der Waals surface area (Å²) in [5.41, 5.74) is 2.08. The van der Waals surface area contributed by atoms with Crippen LogP contribution in [0, 0.1) is 5.92 Å². The van der Waals surface area contributed by atoms with Gasteiger partial charge in [0.1, 0.15) is 0 Å². The van der Waals surface area contributed by atoms with Crippen LogP contribution in [0.3, 0.4) is 0 Å². The number of carbonyl (C=O) groups excluding carboxylic acids is 1. The predicted molar refractivity (Wildman–Crippen MR) is 92.1 cm³/mol. The number of hydrogen-bond donors (Lipinski definition) is 2. The van der Waals surface area contributed by atoms with E-state index in [1.807, 2.05) is 12.1 Å². The van der Waals surface area contributed by atoms with Crippen LogP contribution < -0.4 is 15.1 Å². The molecule has 0 saturated carbocycles. The van der Waals surface area contributed by atoms with Crippen LogP contribution in [-0.2, 0) is 9.53 Å². The van der Waals surface area contributed by atoms with Crippen molar-refractivity contribution in [2.24, 2.45) is 5.92 Å². The molecule has 0 bridgehead atoms. The third-order valence-corrected chi connectivity index (χ3v) is 4.92. The van der Waals surface area contributed by atoms with Gasteiger partial charge in [-0.2, -0.15) is 0 Å². The first kappa shape index (κ1) is 16.3. The van der Waals surface area contributed by atoms with Crippen LogP contribution in [0.5, 0.6) is 0 Å². The Labute approximate surface area is 138 Å². The molecule has 0 spiro atoms. The Kier molecular flexibility index (Phi) is 5.51. The molecule has 2 N–H and O–H groups in total. The first-order chi connectivity index (χ1) is 11.2. The highest BCUT2D eigenvalue weighted by Crippen LogP contribution is 2.18.